The van der Waals surface area contributed by atoms with Crippen molar-refractivity contribution in [2.45, 2.75) is 26.3 Å². The molecule has 0 amide bonds. The molecule has 0 spiro atoms. The van der Waals surface area contributed by atoms with Crippen LogP contribution in [0, 0.1) is 0 Å². The highest BCUT2D eigenvalue weighted by Gasteiger charge is 2.03. The van der Waals surface area contributed by atoms with Gasteiger partial charge in [0, 0.05) is 18.5 Å². The van der Waals surface area contributed by atoms with Crippen molar-refractivity contribution in [2.75, 3.05) is 0 Å². The molecule has 78 valence electrons. The molecule has 0 heterocycles. The van der Waals surface area contributed by atoms with Crippen LogP contribution in [0.1, 0.15) is 35.7 Å². The molecule has 2 nitrogen and oxygen atoms in total. The molecule has 3 heteroatoms. The Hall–Kier alpha value is -0.860. The van der Waals surface area contributed by atoms with Gasteiger partial charge in [-0.1, -0.05) is 25.1 Å². The lowest BCUT2D eigenvalue weighted by Crippen LogP contribution is -2.01. The molecule has 0 saturated carbocycles. The van der Waals surface area contributed by atoms with E-state index >= 15 is 0 Å². The largest absolute Gasteiger partial charge is 0.326 e. The van der Waals surface area contributed by atoms with E-state index in [1.807, 2.05) is 31.2 Å². The fraction of sp³-hybridized carbons (Fsp3) is 0.364. The summed E-state index contributed by atoms with van der Waals surface area (Å²) in [4.78, 5) is 11.5. The van der Waals surface area contributed by atoms with Gasteiger partial charge in [-0.05, 0) is 18.1 Å². The third-order valence-corrected chi connectivity index (χ3v) is 1.96. The molecular formula is C11H16ClNO. The summed E-state index contributed by atoms with van der Waals surface area (Å²) >= 11 is 0. The van der Waals surface area contributed by atoms with Crippen LogP contribution in [0.2, 0.25) is 0 Å². The van der Waals surface area contributed by atoms with Gasteiger partial charge in [0.05, 0.1) is 0 Å². The van der Waals surface area contributed by atoms with Crippen LogP contribution in [0.4, 0.5) is 0 Å². The van der Waals surface area contributed by atoms with Crippen molar-refractivity contribution < 1.29 is 4.79 Å². The number of halogens is 1. The summed E-state index contributed by atoms with van der Waals surface area (Å²) in [6.07, 6.45) is 1.51. The van der Waals surface area contributed by atoms with Crippen LogP contribution >= 0.6 is 12.4 Å². The first-order chi connectivity index (χ1) is 6.27. The topological polar surface area (TPSA) is 43.1 Å². The second kappa shape index (κ2) is 6.57. The highest BCUT2D eigenvalue weighted by atomic mass is 35.5. The number of hydrogen-bond acceptors (Lipinski definition) is 2. The van der Waals surface area contributed by atoms with Gasteiger partial charge in [0.2, 0.25) is 0 Å². The van der Waals surface area contributed by atoms with Crippen LogP contribution in [0.15, 0.2) is 24.3 Å². The van der Waals surface area contributed by atoms with E-state index in [-0.39, 0.29) is 18.2 Å². The Labute approximate surface area is 90.9 Å². The molecular weight excluding hydrogens is 198 g/mol. The van der Waals surface area contributed by atoms with E-state index in [2.05, 4.69) is 0 Å². The number of rotatable bonds is 4. The van der Waals surface area contributed by atoms with E-state index in [1.54, 1.807) is 0 Å². The smallest absolute Gasteiger partial charge is 0.162 e. The number of ketones is 1. The molecule has 0 aliphatic carbocycles. The van der Waals surface area contributed by atoms with Crippen molar-refractivity contribution in [3.63, 3.8) is 0 Å². The van der Waals surface area contributed by atoms with E-state index in [0.717, 1.165) is 17.5 Å². The first-order valence-electron chi connectivity index (χ1n) is 4.60. The van der Waals surface area contributed by atoms with E-state index < -0.39 is 0 Å². The average Bonchev–Trinajstić information content (AvgIpc) is 2.18. The van der Waals surface area contributed by atoms with E-state index in [1.165, 1.54) is 0 Å². The van der Waals surface area contributed by atoms with E-state index in [9.17, 15) is 4.79 Å². The summed E-state index contributed by atoms with van der Waals surface area (Å²) in [5, 5.41) is 0. The van der Waals surface area contributed by atoms with Crippen molar-refractivity contribution >= 4 is 18.2 Å². The minimum atomic E-state index is 0. The summed E-state index contributed by atoms with van der Waals surface area (Å²) in [7, 11) is 0. The SMILES string of the molecule is CCCC(=O)c1cccc(CN)c1.Cl. The Morgan fingerprint density at radius 2 is 2.14 bits per heavy atom. The van der Waals surface area contributed by atoms with E-state index in [0.29, 0.717) is 13.0 Å². The highest BCUT2D eigenvalue weighted by molar-refractivity contribution is 5.96. The Kier molecular flexibility index (Phi) is 6.17. The molecule has 0 atom stereocenters. The van der Waals surface area contributed by atoms with Gasteiger partial charge in [-0.25, -0.2) is 0 Å². The quantitative estimate of drug-likeness (QED) is 0.782. The Balaban J connectivity index is 0.00000169. The number of hydrogen-bond donors (Lipinski definition) is 1. The number of Topliss-reactive ketones (excluding diaryl/α,β-unsaturated/α-hetero) is 1. The Bertz CT molecular complexity index is 299. The van der Waals surface area contributed by atoms with Crippen molar-refractivity contribution in [3.8, 4) is 0 Å². The van der Waals surface area contributed by atoms with E-state index in [4.69, 9.17) is 5.73 Å². The molecule has 0 radical (unpaired) electrons. The second-order valence-corrected chi connectivity index (χ2v) is 3.08. The summed E-state index contributed by atoms with van der Waals surface area (Å²) in [5.74, 6) is 0.206. The van der Waals surface area contributed by atoms with Crippen LogP contribution in [0.5, 0.6) is 0 Å². The number of carbonyl (C=O) groups excluding carboxylic acids is 1. The van der Waals surface area contributed by atoms with Gasteiger partial charge >= 0.3 is 0 Å². The molecule has 2 N–H and O–H groups in total. The Morgan fingerprint density at radius 3 is 2.71 bits per heavy atom. The molecule has 0 bridgehead atoms. The molecule has 0 unspecified atom stereocenters. The summed E-state index contributed by atoms with van der Waals surface area (Å²) < 4.78 is 0. The van der Waals surface area contributed by atoms with Gasteiger partial charge in [-0.2, -0.15) is 0 Å². The first-order valence-corrected chi connectivity index (χ1v) is 4.60. The normalized spacial score (nSPS) is 9.29. The van der Waals surface area contributed by atoms with Gasteiger partial charge in [-0.15, -0.1) is 12.4 Å². The van der Waals surface area contributed by atoms with Crippen LogP contribution in [0.3, 0.4) is 0 Å². The van der Waals surface area contributed by atoms with Crippen molar-refractivity contribution in [2.24, 2.45) is 5.73 Å². The Morgan fingerprint density at radius 1 is 1.43 bits per heavy atom. The molecule has 14 heavy (non-hydrogen) atoms. The van der Waals surface area contributed by atoms with Gasteiger partial charge in [0.15, 0.2) is 5.78 Å². The predicted molar refractivity (Wildman–Crippen MR) is 60.8 cm³/mol. The molecule has 1 aromatic rings. The fourth-order valence-electron chi connectivity index (χ4n) is 1.24. The summed E-state index contributed by atoms with van der Waals surface area (Å²) in [5.41, 5.74) is 7.28. The zero-order chi connectivity index (χ0) is 9.68. The lowest BCUT2D eigenvalue weighted by molar-refractivity contribution is 0.0981. The van der Waals surface area contributed by atoms with Crippen LogP contribution in [-0.4, -0.2) is 5.78 Å². The maximum atomic E-state index is 11.5. The van der Waals surface area contributed by atoms with Crippen molar-refractivity contribution in [3.05, 3.63) is 35.4 Å². The minimum absolute atomic E-state index is 0. The maximum absolute atomic E-state index is 11.5. The second-order valence-electron chi connectivity index (χ2n) is 3.08. The molecule has 0 aliphatic rings. The van der Waals surface area contributed by atoms with Crippen LogP contribution < -0.4 is 5.73 Å². The zero-order valence-electron chi connectivity index (χ0n) is 8.32. The fourth-order valence-corrected chi connectivity index (χ4v) is 1.24. The molecule has 1 aromatic carbocycles. The third-order valence-electron chi connectivity index (χ3n) is 1.96. The molecule has 0 aliphatic heterocycles. The average molecular weight is 214 g/mol. The predicted octanol–water partition coefficient (Wildman–Crippen LogP) is 2.55. The van der Waals surface area contributed by atoms with Crippen LogP contribution in [0.25, 0.3) is 0 Å². The maximum Gasteiger partial charge on any atom is 0.162 e. The minimum Gasteiger partial charge on any atom is -0.326 e. The summed E-state index contributed by atoms with van der Waals surface area (Å²) in [6, 6.07) is 7.53. The highest BCUT2D eigenvalue weighted by Crippen LogP contribution is 2.08. The zero-order valence-corrected chi connectivity index (χ0v) is 9.14. The lowest BCUT2D eigenvalue weighted by atomic mass is 10.0. The van der Waals surface area contributed by atoms with Gasteiger partial charge in [0.1, 0.15) is 0 Å². The standard InChI is InChI=1S/C11H15NO.ClH/c1-2-4-11(13)10-6-3-5-9(7-10)8-12;/h3,5-7H,2,4,8,12H2,1H3;1H. The molecule has 0 saturated heterocycles. The molecule has 1 rings (SSSR count). The third kappa shape index (κ3) is 3.48. The molecule has 0 aromatic heterocycles. The van der Waals surface area contributed by atoms with Crippen molar-refractivity contribution in [1.29, 1.82) is 0 Å². The first kappa shape index (κ1) is 13.1. The van der Waals surface area contributed by atoms with Crippen LogP contribution in [-0.2, 0) is 6.54 Å². The van der Waals surface area contributed by atoms with Gasteiger partial charge in [-0.3, -0.25) is 4.79 Å². The van der Waals surface area contributed by atoms with Gasteiger partial charge < -0.3 is 5.73 Å². The number of carbonyl (C=O) groups is 1. The molecule has 0 fully saturated rings. The monoisotopic (exact) mass is 213 g/mol. The number of benzene rings is 1. The number of nitrogens with two attached hydrogens (primary N) is 1. The lowest BCUT2D eigenvalue weighted by Gasteiger charge is -2.01. The van der Waals surface area contributed by atoms with Gasteiger partial charge in [0.25, 0.3) is 0 Å². The summed E-state index contributed by atoms with van der Waals surface area (Å²) in [6.45, 7) is 2.50. The van der Waals surface area contributed by atoms with Crippen molar-refractivity contribution in [1.82, 2.24) is 0 Å².